The van der Waals surface area contributed by atoms with Gasteiger partial charge in [0.1, 0.15) is 5.76 Å². The van der Waals surface area contributed by atoms with Gasteiger partial charge in [-0.25, -0.2) is 4.79 Å². The first kappa shape index (κ1) is 18.6. The smallest absolute Gasteiger partial charge is 0.375 e. The van der Waals surface area contributed by atoms with Crippen molar-refractivity contribution in [2.24, 2.45) is 0 Å². The molecule has 0 saturated heterocycles. The molecule has 1 heterocycles. The Morgan fingerprint density at radius 1 is 1.32 bits per heavy atom. The third-order valence-corrected chi connectivity index (χ3v) is 3.84. The van der Waals surface area contributed by atoms with E-state index < -0.39 is 12.1 Å². The van der Waals surface area contributed by atoms with Gasteiger partial charge in [-0.2, -0.15) is 5.26 Å². The number of halogens is 1. The van der Waals surface area contributed by atoms with Crippen molar-refractivity contribution in [3.8, 4) is 17.4 Å². The molecule has 0 unspecified atom stereocenters. The number of carbonyl (C=O) groups excluding carboxylic acids is 2. The van der Waals surface area contributed by atoms with Crippen LogP contribution >= 0.6 is 11.6 Å². The standard InChI is InChI=1S/C18H17ClN2O4/c1-12(17(22)21(2)11-5-10-20)24-18(23)16-9-8-15(25-16)13-6-3-4-7-14(13)19/h3-4,6-9,12H,5,11H2,1-2H3/t12-/m0/s1. The van der Waals surface area contributed by atoms with Crippen LogP contribution in [-0.2, 0) is 9.53 Å². The second kappa shape index (κ2) is 8.36. The second-order valence-corrected chi connectivity index (χ2v) is 5.77. The van der Waals surface area contributed by atoms with E-state index >= 15 is 0 Å². The van der Waals surface area contributed by atoms with Gasteiger partial charge in [-0.3, -0.25) is 4.79 Å². The van der Waals surface area contributed by atoms with E-state index in [9.17, 15) is 9.59 Å². The molecule has 2 rings (SSSR count). The fraction of sp³-hybridized carbons (Fsp3) is 0.278. The van der Waals surface area contributed by atoms with Crippen molar-refractivity contribution in [2.75, 3.05) is 13.6 Å². The van der Waals surface area contributed by atoms with E-state index in [1.165, 1.54) is 17.9 Å². The molecule has 1 atom stereocenters. The molecule has 0 radical (unpaired) electrons. The minimum Gasteiger partial charge on any atom is -0.449 e. The van der Waals surface area contributed by atoms with Crippen molar-refractivity contribution in [1.82, 2.24) is 4.90 Å². The summed E-state index contributed by atoms with van der Waals surface area (Å²) in [7, 11) is 1.55. The van der Waals surface area contributed by atoms with Gasteiger partial charge in [0.15, 0.2) is 6.10 Å². The zero-order valence-corrected chi connectivity index (χ0v) is 14.6. The first-order valence-electron chi connectivity index (χ1n) is 7.61. The zero-order valence-electron chi connectivity index (χ0n) is 13.9. The Labute approximate surface area is 150 Å². The van der Waals surface area contributed by atoms with E-state index in [4.69, 9.17) is 26.0 Å². The zero-order chi connectivity index (χ0) is 18.4. The Kier molecular flexibility index (Phi) is 6.20. The van der Waals surface area contributed by atoms with E-state index in [2.05, 4.69) is 0 Å². The van der Waals surface area contributed by atoms with E-state index in [1.807, 2.05) is 6.07 Å². The number of amides is 1. The SMILES string of the molecule is C[C@H](OC(=O)c1ccc(-c2ccccc2Cl)o1)C(=O)N(C)CCC#N. The van der Waals surface area contributed by atoms with Gasteiger partial charge in [-0.1, -0.05) is 23.7 Å². The van der Waals surface area contributed by atoms with E-state index in [1.54, 1.807) is 37.4 Å². The number of nitrogens with zero attached hydrogens (tertiary/aromatic N) is 2. The van der Waals surface area contributed by atoms with Gasteiger partial charge in [0.25, 0.3) is 5.91 Å². The summed E-state index contributed by atoms with van der Waals surface area (Å²) in [5.74, 6) is -0.716. The van der Waals surface area contributed by atoms with Crippen LogP contribution < -0.4 is 0 Å². The summed E-state index contributed by atoms with van der Waals surface area (Å²) in [6.45, 7) is 1.75. The molecule has 1 amide bonds. The second-order valence-electron chi connectivity index (χ2n) is 5.36. The van der Waals surface area contributed by atoms with E-state index in [0.717, 1.165) is 0 Å². The normalized spacial score (nSPS) is 11.4. The van der Waals surface area contributed by atoms with Crippen LogP contribution in [0.3, 0.4) is 0 Å². The van der Waals surface area contributed by atoms with Crippen molar-refractivity contribution in [1.29, 1.82) is 5.26 Å². The maximum Gasteiger partial charge on any atom is 0.375 e. The molecule has 2 aromatic rings. The van der Waals surface area contributed by atoms with Crippen LogP contribution in [-0.4, -0.2) is 36.5 Å². The minimum atomic E-state index is -0.981. The van der Waals surface area contributed by atoms with Crippen LogP contribution in [0.5, 0.6) is 0 Å². The lowest BCUT2D eigenvalue weighted by atomic mass is 10.2. The predicted octanol–water partition coefficient (Wildman–Crippen LogP) is 3.52. The van der Waals surface area contributed by atoms with Crippen molar-refractivity contribution in [3.05, 3.63) is 47.2 Å². The summed E-state index contributed by atoms with van der Waals surface area (Å²) in [5, 5.41) is 9.05. The molecule has 25 heavy (non-hydrogen) atoms. The highest BCUT2D eigenvalue weighted by Gasteiger charge is 2.24. The lowest BCUT2D eigenvalue weighted by Crippen LogP contribution is -2.37. The Morgan fingerprint density at radius 2 is 2.04 bits per heavy atom. The van der Waals surface area contributed by atoms with Crippen LogP contribution in [0.4, 0.5) is 0 Å². The number of esters is 1. The molecular formula is C18H17ClN2O4. The summed E-state index contributed by atoms with van der Waals surface area (Å²) in [4.78, 5) is 25.6. The number of benzene rings is 1. The molecule has 0 saturated carbocycles. The summed E-state index contributed by atoms with van der Waals surface area (Å²) in [6.07, 6.45) is -0.771. The van der Waals surface area contributed by atoms with Gasteiger partial charge in [0, 0.05) is 19.2 Å². The average molecular weight is 361 g/mol. The highest BCUT2D eigenvalue weighted by Crippen LogP contribution is 2.29. The van der Waals surface area contributed by atoms with Gasteiger partial charge in [0.05, 0.1) is 17.5 Å². The van der Waals surface area contributed by atoms with Crippen LogP contribution in [0.25, 0.3) is 11.3 Å². The molecule has 0 aliphatic rings. The summed E-state index contributed by atoms with van der Waals surface area (Å²) in [5.41, 5.74) is 0.656. The number of hydrogen-bond acceptors (Lipinski definition) is 5. The monoisotopic (exact) mass is 360 g/mol. The first-order valence-corrected chi connectivity index (χ1v) is 7.99. The molecule has 1 aromatic carbocycles. The molecule has 0 bridgehead atoms. The third-order valence-electron chi connectivity index (χ3n) is 3.51. The molecule has 0 fully saturated rings. The Hall–Kier alpha value is -2.78. The number of rotatable bonds is 6. The number of furan rings is 1. The van der Waals surface area contributed by atoms with E-state index in [-0.39, 0.29) is 24.6 Å². The van der Waals surface area contributed by atoms with E-state index in [0.29, 0.717) is 16.3 Å². The topological polar surface area (TPSA) is 83.5 Å². The van der Waals surface area contributed by atoms with Gasteiger partial charge in [-0.05, 0) is 31.2 Å². The number of ether oxygens (including phenoxy) is 1. The highest BCUT2D eigenvalue weighted by molar-refractivity contribution is 6.33. The molecule has 0 aliphatic heterocycles. The predicted molar refractivity (Wildman–Crippen MR) is 91.9 cm³/mol. The molecule has 1 aromatic heterocycles. The Balaban J connectivity index is 2.03. The van der Waals surface area contributed by atoms with Crippen molar-refractivity contribution >= 4 is 23.5 Å². The first-order chi connectivity index (χ1) is 11.9. The number of hydrogen-bond donors (Lipinski definition) is 0. The molecule has 0 spiro atoms. The fourth-order valence-corrected chi connectivity index (χ4v) is 2.39. The van der Waals surface area contributed by atoms with Crippen LogP contribution in [0.2, 0.25) is 5.02 Å². The quantitative estimate of drug-likeness (QED) is 0.736. The Morgan fingerprint density at radius 3 is 2.72 bits per heavy atom. The number of nitriles is 1. The highest BCUT2D eigenvalue weighted by atomic mass is 35.5. The van der Waals surface area contributed by atoms with Gasteiger partial charge in [0.2, 0.25) is 5.76 Å². The Bertz CT molecular complexity index is 809. The minimum absolute atomic E-state index is 0.0192. The molecule has 0 aliphatic carbocycles. The van der Waals surface area contributed by atoms with Crippen molar-refractivity contribution < 1.29 is 18.7 Å². The van der Waals surface area contributed by atoms with Crippen LogP contribution in [0, 0.1) is 11.3 Å². The third kappa shape index (κ3) is 4.61. The maximum absolute atomic E-state index is 12.2. The van der Waals surface area contributed by atoms with Gasteiger partial charge < -0.3 is 14.1 Å². The fourth-order valence-electron chi connectivity index (χ4n) is 2.16. The number of likely N-dealkylation sites (N-methyl/N-ethyl adjacent to an activating group) is 1. The molecular weight excluding hydrogens is 344 g/mol. The molecule has 0 N–H and O–H groups in total. The van der Waals surface area contributed by atoms with Crippen LogP contribution in [0.15, 0.2) is 40.8 Å². The maximum atomic E-state index is 12.2. The van der Waals surface area contributed by atoms with Gasteiger partial charge in [-0.15, -0.1) is 0 Å². The average Bonchev–Trinajstić information content (AvgIpc) is 3.09. The molecule has 6 nitrogen and oxygen atoms in total. The van der Waals surface area contributed by atoms with Crippen molar-refractivity contribution in [3.63, 3.8) is 0 Å². The lowest BCUT2D eigenvalue weighted by Gasteiger charge is -2.20. The largest absolute Gasteiger partial charge is 0.449 e. The summed E-state index contributed by atoms with van der Waals surface area (Å²) >= 11 is 6.10. The molecule has 7 heteroatoms. The van der Waals surface area contributed by atoms with Crippen LogP contribution in [0.1, 0.15) is 23.9 Å². The van der Waals surface area contributed by atoms with Gasteiger partial charge >= 0.3 is 5.97 Å². The molecule has 130 valence electrons. The lowest BCUT2D eigenvalue weighted by molar-refractivity contribution is -0.138. The number of carbonyl (C=O) groups is 2. The van der Waals surface area contributed by atoms with Crippen molar-refractivity contribution in [2.45, 2.75) is 19.4 Å². The summed E-state index contributed by atoms with van der Waals surface area (Å²) in [6, 6.07) is 12.1. The summed E-state index contributed by atoms with van der Waals surface area (Å²) < 4.78 is 10.6.